The summed E-state index contributed by atoms with van der Waals surface area (Å²) in [5, 5.41) is 9.52. The SMILES string of the molecule is COc1ccc2[nH]cc([C@@H](O)C(F)(F)F)c2c1. The smallest absolute Gasteiger partial charge is 0.418 e. The molecule has 1 aromatic heterocycles. The summed E-state index contributed by atoms with van der Waals surface area (Å²) < 4.78 is 42.2. The molecule has 1 atom stereocenters. The predicted octanol–water partition coefficient (Wildman–Crippen LogP) is 2.77. The molecule has 92 valence electrons. The second-order valence-electron chi connectivity index (χ2n) is 3.60. The van der Waals surface area contributed by atoms with Crippen LogP contribution in [0.5, 0.6) is 5.75 Å². The van der Waals surface area contributed by atoms with E-state index in [2.05, 4.69) is 4.98 Å². The van der Waals surface area contributed by atoms with Gasteiger partial charge in [0.15, 0.2) is 6.10 Å². The monoisotopic (exact) mass is 245 g/mol. The zero-order valence-corrected chi connectivity index (χ0v) is 8.88. The number of fused-ring (bicyclic) bond motifs is 1. The Balaban J connectivity index is 2.54. The Morgan fingerprint density at radius 1 is 1.35 bits per heavy atom. The molecule has 0 fully saturated rings. The molecule has 6 heteroatoms. The lowest BCUT2D eigenvalue weighted by molar-refractivity contribution is -0.206. The van der Waals surface area contributed by atoms with Crippen molar-refractivity contribution < 1.29 is 23.0 Å². The second kappa shape index (κ2) is 3.96. The topological polar surface area (TPSA) is 45.2 Å². The van der Waals surface area contributed by atoms with Gasteiger partial charge in [0.2, 0.25) is 0 Å². The number of ether oxygens (including phenoxy) is 1. The number of H-pyrrole nitrogens is 1. The highest BCUT2D eigenvalue weighted by atomic mass is 19.4. The quantitative estimate of drug-likeness (QED) is 0.854. The van der Waals surface area contributed by atoms with Crippen molar-refractivity contribution >= 4 is 10.9 Å². The van der Waals surface area contributed by atoms with Crippen LogP contribution in [0.15, 0.2) is 24.4 Å². The molecule has 0 saturated carbocycles. The Labute approximate surface area is 94.8 Å². The van der Waals surface area contributed by atoms with E-state index in [-0.39, 0.29) is 5.56 Å². The summed E-state index contributed by atoms with van der Waals surface area (Å²) in [5.41, 5.74) is 0.315. The van der Waals surface area contributed by atoms with Crippen molar-refractivity contribution in [1.29, 1.82) is 0 Å². The van der Waals surface area contributed by atoms with Crippen LogP contribution < -0.4 is 4.74 Å². The molecule has 0 bridgehead atoms. The van der Waals surface area contributed by atoms with Gasteiger partial charge in [0, 0.05) is 22.7 Å². The molecule has 0 radical (unpaired) electrons. The summed E-state index contributed by atoms with van der Waals surface area (Å²) >= 11 is 0. The molecule has 3 nitrogen and oxygen atoms in total. The van der Waals surface area contributed by atoms with Gasteiger partial charge >= 0.3 is 6.18 Å². The fourth-order valence-electron chi connectivity index (χ4n) is 1.65. The van der Waals surface area contributed by atoms with Gasteiger partial charge < -0.3 is 14.8 Å². The Morgan fingerprint density at radius 3 is 2.65 bits per heavy atom. The molecule has 1 heterocycles. The van der Waals surface area contributed by atoms with Gasteiger partial charge in [0.25, 0.3) is 0 Å². The first kappa shape index (κ1) is 11.8. The molecule has 0 aliphatic carbocycles. The maximum Gasteiger partial charge on any atom is 0.418 e. The number of hydrogen-bond acceptors (Lipinski definition) is 2. The van der Waals surface area contributed by atoms with Crippen molar-refractivity contribution in [2.24, 2.45) is 0 Å². The number of aliphatic hydroxyl groups is 1. The first-order chi connectivity index (χ1) is 7.93. The molecule has 2 rings (SSSR count). The van der Waals surface area contributed by atoms with Gasteiger partial charge in [0.05, 0.1) is 7.11 Å². The fraction of sp³-hybridized carbons (Fsp3) is 0.273. The number of nitrogens with one attached hydrogen (secondary N) is 1. The maximum atomic E-state index is 12.4. The number of rotatable bonds is 2. The van der Waals surface area contributed by atoms with Crippen molar-refractivity contribution in [2.45, 2.75) is 12.3 Å². The molecule has 0 saturated heterocycles. The van der Waals surface area contributed by atoms with Crippen LogP contribution in [0.25, 0.3) is 10.9 Å². The van der Waals surface area contributed by atoms with Crippen molar-refractivity contribution in [2.75, 3.05) is 7.11 Å². The van der Waals surface area contributed by atoms with E-state index in [4.69, 9.17) is 4.74 Å². The van der Waals surface area contributed by atoms with E-state index in [9.17, 15) is 18.3 Å². The van der Waals surface area contributed by atoms with E-state index in [1.807, 2.05) is 0 Å². The van der Waals surface area contributed by atoms with Crippen LogP contribution in [0, 0.1) is 0 Å². The number of aromatic nitrogens is 1. The molecule has 2 aromatic rings. The lowest BCUT2D eigenvalue weighted by atomic mass is 10.1. The van der Waals surface area contributed by atoms with Crippen LogP contribution in [0.2, 0.25) is 0 Å². The minimum absolute atomic E-state index is 0.202. The van der Waals surface area contributed by atoms with Gasteiger partial charge in [0.1, 0.15) is 5.75 Å². The average Bonchev–Trinajstić information content (AvgIpc) is 2.69. The Bertz CT molecular complexity index is 533. The molecular weight excluding hydrogens is 235 g/mol. The highest BCUT2D eigenvalue weighted by Gasteiger charge is 2.40. The van der Waals surface area contributed by atoms with E-state index >= 15 is 0 Å². The van der Waals surface area contributed by atoms with Crippen molar-refractivity contribution in [3.8, 4) is 5.75 Å². The zero-order valence-electron chi connectivity index (χ0n) is 8.88. The number of aromatic amines is 1. The zero-order chi connectivity index (χ0) is 12.6. The molecular formula is C11H10F3NO2. The van der Waals surface area contributed by atoms with Crippen molar-refractivity contribution in [3.63, 3.8) is 0 Å². The van der Waals surface area contributed by atoms with Gasteiger partial charge in [-0.1, -0.05) is 0 Å². The largest absolute Gasteiger partial charge is 0.497 e. The van der Waals surface area contributed by atoms with E-state index in [1.165, 1.54) is 13.2 Å². The van der Waals surface area contributed by atoms with Gasteiger partial charge in [-0.3, -0.25) is 0 Å². The van der Waals surface area contributed by atoms with Crippen molar-refractivity contribution in [1.82, 2.24) is 4.98 Å². The van der Waals surface area contributed by atoms with E-state index in [0.717, 1.165) is 6.20 Å². The summed E-state index contributed by atoms with van der Waals surface area (Å²) in [7, 11) is 1.42. The summed E-state index contributed by atoms with van der Waals surface area (Å²) in [5.74, 6) is 0.438. The molecule has 2 N–H and O–H groups in total. The predicted molar refractivity (Wildman–Crippen MR) is 55.9 cm³/mol. The number of hydrogen-bond donors (Lipinski definition) is 2. The Morgan fingerprint density at radius 2 is 2.06 bits per heavy atom. The van der Waals surface area contributed by atoms with Crippen molar-refractivity contribution in [3.05, 3.63) is 30.0 Å². The number of aliphatic hydroxyl groups excluding tert-OH is 1. The lowest BCUT2D eigenvalue weighted by Gasteiger charge is -2.13. The molecule has 0 spiro atoms. The van der Waals surface area contributed by atoms with Gasteiger partial charge in [-0.05, 0) is 18.2 Å². The summed E-state index contributed by atoms with van der Waals surface area (Å²) in [6, 6.07) is 4.68. The Hall–Kier alpha value is -1.69. The van der Waals surface area contributed by atoms with Gasteiger partial charge in [-0.15, -0.1) is 0 Å². The van der Waals surface area contributed by atoms with Crippen LogP contribution in [-0.4, -0.2) is 23.4 Å². The minimum Gasteiger partial charge on any atom is -0.497 e. The third-order valence-electron chi connectivity index (χ3n) is 2.53. The first-order valence-corrected chi connectivity index (χ1v) is 4.83. The van der Waals surface area contributed by atoms with E-state index < -0.39 is 12.3 Å². The third-order valence-corrected chi connectivity index (χ3v) is 2.53. The average molecular weight is 245 g/mol. The number of benzene rings is 1. The molecule has 0 amide bonds. The highest BCUT2D eigenvalue weighted by molar-refractivity contribution is 5.85. The number of halogens is 3. The van der Waals surface area contributed by atoms with Crippen LogP contribution in [0.1, 0.15) is 11.7 Å². The molecule has 0 unspecified atom stereocenters. The van der Waals surface area contributed by atoms with E-state index in [0.29, 0.717) is 16.7 Å². The maximum absolute atomic E-state index is 12.4. The van der Waals surface area contributed by atoms with E-state index in [1.54, 1.807) is 12.1 Å². The number of alkyl halides is 3. The summed E-state index contributed by atoms with van der Waals surface area (Å²) in [6.07, 6.45) is -6.02. The standard InChI is InChI=1S/C11H10F3NO2/c1-17-6-2-3-9-7(4-6)8(5-15-9)10(16)11(12,13)14/h2-5,10,15-16H,1H3/t10-/m1/s1. The normalized spacial score (nSPS) is 13.9. The van der Waals surface area contributed by atoms with Crippen LogP contribution in [0.4, 0.5) is 13.2 Å². The molecule has 17 heavy (non-hydrogen) atoms. The lowest BCUT2D eigenvalue weighted by Crippen LogP contribution is -2.19. The van der Waals surface area contributed by atoms with Crippen LogP contribution in [0.3, 0.4) is 0 Å². The second-order valence-corrected chi connectivity index (χ2v) is 3.60. The molecule has 0 aliphatic rings. The van der Waals surface area contributed by atoms with Crippen LogP contribution in [-0.2, 0) is 0 Å². The minimum atomic E-state index is -4.68. The first-order valence-electron chi connectivity index (χ1n) is 4.83. The summed E-state index contributed by atoms with van der Waals surface area (Å²) in [6.45, 7) is 0. The molecule has 1 aromatic carbocycles. The third kappa shape index (κ3) is 2.08. The summed E-state index contributed by atoms with van der Waals surface area (Å²) in [4.78, 5) is 2.68. The van der Waals surface area contributed by atoms with Gasteiger partial charge in [-0.2, -0.15) is 13.2 Å². The highest BCUT2D eigenvalue weighted by Crippen LogP contribution is 2.36. The van der Waals surface area contributed by atoms with Crippen LogP contribution >= 0.6 is 0 Å². The van der Waals surface area contributed by atoms with Gasteiger partial charge in [-0.25, -0.2) is 0 Å². The Kier molecular flexibility index (Phi) is 2.74. The number of methoxy groups -OCH3 is 1. The fourth-order valence-corrected chi connectivity index (χ4v) is 1.65. The molecule has 0 aliphatic heterocycles.